The lowest BCUT2D eigenvalue weighted by Gasteiger charge is -2.30. The number of carbonyl (C=O) groups is 1. The van der Waals surface area contributed by atoms with Crippen molar-refractivity contribution in [3.8, 4) is 0 Å². The molecule has 0 atom stereocenters. The number of imidazole rings is 1. The lowest BCUT2D eigenvalue weighted by molar-refractivity contribution is 0.0710. The first-order valence-corrected chi connectivity index (χ1v) is 10.5. The molecule has 146 valence electrons. The Morgan fingerprint density at radius 1 is 1.25 bits per heavy atom. The number of nitrogens with zero attached hydrogens (tertiary/aromatic N) is 5. The molecule has 5 heterocycles. The number of rotatable bonds is 3. The van der Waals surface area contributed by atoms with Crippen LogP contribution in [0.5, 0.6) is 0 Å². The third-order valence-electron chi connectivity index (χ3n) is 5.87. The Kier molecular flexibility index (Phi) is 4.32. The van der Waals surface area contributed by atoms with Crippen LogP contribution in [0.2, 0.25) is 0 Å². The summed E-state index contributed by atoms with van der Waals surface area (Å²) in [7, 11) is 0. The summed E-state index contributed by atoms with van der Waals surface area (Å²) < 4.78 is 7.42. The molecule has 0 fully saturated rings. The van der Waals surface area contributed by atoms with Gasteiger partial charge in [0.2, 0.25) is 0 Å². The van der Waals surface area contributed by atoms with Gasteiger partial charge < -0.3 is 14.0 Å². The van der Waals surface area contributed by atoms with Gasteiger partial charge in [0, 0.05) is 54.7 Å². The fourth-order valence-electron chi connectivity index (χ4n) is 4.17. The highest BCUT2D eigenvalue weighted by molar-refractivity contribution is 7.10. The highest BCUT2D eigenvalue weighted by Gasteiger charge is 2.29. The second-order valence-electron chi connectivity index (χ2n) is 7.62. The summed E-state index contributed by atoms with van der Waals surface area (Å²) in [5, 5.41) is 6.12. The van der Waals surface area contributed by atoms with Crippen molar-refractivity contribution in [2.24, 2.45) is 0 Å². The van der Waals surface area contributed by atoms with Gasteiger partial charge in [0.25, 0.3) is 5.91 Å². The summed E-state index contributed by atoms with van der Waals surface area (Å²) in [6, 6.07) is 0. The van der Waals surface area contributed by atoms with Gasteiger partial charge in [-0.05, 0) is 25.8 Å². The molecule has 2 aliphatic heterocycles. The Morgan fingerprint density at radius 2 is 2.14 bits per heavy atom. The quantitative estimate of drug-likeness (QED) is 0.680. The van der Waals surface area contributed by atoms with Gasteiger partial charge in [0.05, 0.1) is 29.8 Å². The van der Waals surface area contributed by atoms with Crippen molar-refractivity contribution in [3.05, 3.63) is 56.6 Å². The van der Waals surface area contributed by atoms with Crippen molar-refractivity contribution >= 4 is 17.2 Å². The zero-order valence-electron chi connectivity index (χ0n) is 16.1. The Hall–Kier alpha value is -2.45. The van der Waals surface area contributed by atoms with Gasteiger partial charge in [-0.3, -0.25) is 9.69 Å². The van der Waals surface area contributed by atoms with Crippen molar-refractivity contribution in [2.75, 3.05) is 13.1 Å². The van der Waals surface area contributed by atoms with Crippen LogP contribution in [0.25, 0.3) is 0 Å². The minimum absolute atomic E-state index is 0.157. The standard InChI is InChI=1S/C20H23N5O2S/c1-13-17(14(2)27-22-13)9-23-4-3-16-18(11-28-19(16)10-23)20(26)24-5-6-25-12-21-7-15(25)8-24/h7,11-12H,3-6,8-10H2,1-2H3. The van der Waals surface area contributed by atoms with Crippen LogP contribution in [0.3, 0.4) is 0 Å². The topological polar surface area (TPSA) is 67.4 Å². The second kappa shape index (κ2) is 6.86. The van der Waals surface area contributed by atoms with Gasteiger partial charge in [-0.25, -0.2) is 4.98 Å². The van der Waals surface area contributed by atoms with Gasteiger partial charge in [-0.15, -0.1) is 11.3 Å². The number of aromatic nitrogens is 3. The summed E-state index contributed by atoms with van der Waals surface area (Å²) >= 11 is 1.71. The second-order valence-corrected chi connectivity index (χ2v) is 8.58. The molecule has 0 aromatic carbocycles. The summed E-state index contributed by atoms with van der Waals surface area (Å²) in [5.41, 5.74) is 5.39. The van der Waals surface area contributed by atoms with Crippen molar-refractivity contribution in [3.63, 3.8) is 0 Å². The Labute approximate surface area is 167 Å². The molecule has 0 unspecified atom stereocenters. The van der Waals surface area contributed by atoms with E-state index in [-0.39, 0.29) is 5.91 Å². The molecule has 0 saturated heterocycles. The maximum atomic E-state index is 13.2. The minimum atomic E-state index is 0.157. The zero-order chi connectivity index (χ0) is 19.3. The van der Waals surface area contributed by atoms with E-state index in [1.807, 2.05) is 31.3 Å². The molecule has 0 spiro atoms. The van der Waals surface area contributed by atoms with Crippen molar-refractivity contribution in [1.29, 1.82) is 0 Å². The molecule has 1 amide bonds. The number of thiophene rings is 1. The summed E-state index contributed by atoms with van der Waals surface area (Å²) in [4.78, 5) is 23.0. The first-order chi connectivity index (χ1) is 13.6. The predicted molar refractivity (Wildman–Crippen MR) is 105 cm³/mol. The van der Waals surface area contributed by atoms with Crippen LogP contribution in [0.15, 0.2) is 22.4 Å². The van der Waals surface area contributed by atoms with Crippen molar-refractivity contribution < 1.29 is 9.32 Å². The summed E-state index contributed by atoms with van der Waals surface area (Å²) in [6.07, 6.45) is 4.61. The Morgan fingerprint density at radius 3 is 2.96 bits per heavy atom. The first-order valence-electron chi connectivity index (χ1n) is 9.61. The molecule has 3 aromatic heterocycles. The molecule has 0 bridgehead atoms. The predicted octanol–water partition coefficient (Wildman–Crippen LogP) is 2.76. The van der Waals surface area contributed by atoms with Crippen molar-refractivity contribution in [2.45, 2.75) is 46.4 Å². The largest absolute Gasteiger partial charge is 0.361 e. The lowest BCUT2D eigenvalue weighted by atomic mass is 10.0. The Bertz CT molecular complexity index is 1010. The van der Waals surface area contributed by atoms with E-state index < -0.39 is 0 Å². The van der Waals surface area contributed by atoms with E-state index in [0.717, 1.165) is 61.9 Å². The van der Waals surface area contributed by atoms with E-state index in [1.54, 1.807) is 11.3 Å². The molecule has 0 radical (unpaired) electrons. The zero-order valence-corrected chi connectivity index (χ0v) is 17.0. The number of hydrogen-bond acceptors (Lipinski definition) is 6. The third-order valence-corrected chi connectivity index (χ3v) is 6.88. The van der Waals surface area contributed by atoms with E-state index in [9.17, 15) is 4.79 Å². The maximum Gasteiger partial charge on any atom is 0.255 e. The molecule has 0 N–H and O–H groups in total. The minimum Gasteiger partial charge on any atom is -0.361 e. The Balaban J connectivity index is 1.31. The molecule has 28 heavy (non-hydrogen) atoms. The first kappa shape index (κ1) is 17.6. The number of amides is 1. The smallest absolute Gasteiger partial charge is 0.255 e. The average molecular weight is 398 g/mol. The highest BCUT2D eigenvalue weighted by atomic mass is 32.1. The van der Waals surface area contributed by atoms with Gasteiger partial charge in [-0.1, -0.05) is 5.16 Å². The van der Waals surface area contributed by atoms with Crippen LogP contribution >= 0.6 is 11.3 Å². The third kappa shape index (κ3) is 2.97. The molecular weight excluding hydrogens is 374 g/mol. The van der Waals surface area contributed by atoms with Gasteiger partial charge in [0.1, 0.15) is 5.76 Å². The molecule has 7 nitrogen and oxygen atoms in total. The van der Waals surface area contributed by atoms with Crippen LogP contribution < -0.4 is 0 Å². The molecule has 0 saturated carbocycles. The molecule has 2 aliphatic rings. The summed E-state index contributed by atoms with van der Waals surface area (Å²) in [6.45, 7) is 8.83. The molecule has 8 heteroatoms. The van der Waals surface area contributed by atoms with E-state index in [0.29, 0.717) is 6.54 Å². The van der Waals surface area contributed by atoms with E-state index in [1.165, 1.54) is 16.0 Å². The van der Waals surface area contributed by atoms with Crippen molar-refractivity contribution in [1.82, 2.24) is 24.5 Å². The number of carbonyl (C=O) groups excluding carboxylic acids is 1. The maximum absolute atomic E-state index is 13.2. The molecule has 0 aliphatic carbocycles. The van der Waals surface area contributed by atoms with Crippen LogP contribution in [-0.2, 0) is 32.6 Å². The lowest BCUT2D eigenvalue weighted by Crippen LogP contribution is -2.38. The van der Waals surface area contributed by atoms with Crippen LogP contribution in [-0.4, -0.2) is 43.5 Å². The number of hydrogen-bond donors (Lipinski definition) is 0. The van der Waals surface area contributed by atoms with Crippen LogP contribution in [0.4, 0.5) is 0 Å². The normalized spacial score (nSPS) is 16.9. The average Bonchev–Trinajstić information content (AvgIpc) is 3.41. The van der Waals surface area contributed by atoms with Crippen LogP contribution in [0, 0.1) is 13.8 Å². The number of aryl methyl sites for hydroxylation is 2. The van der Waals surface area contributed by atoms with Gasteiger partial charge in [-0.2, -0.15) is 0 Å². The fourth-order valence-corrected chi connectivity index (χ4v) is 5.29. The highest BCUT2D eigenvalue weighted by Crippen LogP contribution is 2.31. The van der Waals surface area contributed by atoms with E-state index in [2.05, 4.69) is 25.0 Å². The summed E-state index contributed by atoms with van der Waals surface area (Å²) in [5.74, 6) is 1.05. The van der Waals surface area contributed by atoms with Gasteiger partial charge in [0.15, 0.2) is 0 Å². The molecular formula is C20H23N5O2S. The SMILES string of the molecule is Cc1noc(C)c1CN1CCc2c(C(=O)N3CCn4cncc4C3)csc2C1. The van der Waals surface area contributed by atoms with Crippen LogP contribution in [0.1, 0.15) is 43.5 Å². The number of fused-ring (bicyclic) bond motifs is 2. The van der Waals surface area contributed by atoms with Gasteiger partial charge >= 0.3 is 0 Å². The molecule has 5 rings (SSSR count). The monoisotopic (exact) mass is 397 g/mol. The van der Waals surface area contributed by atoms with E-state index in [4.69, 9.17) is 4.52 Å². The fraction of sp³-hybridized carbons (Fsp3) is 0.450. The molecule has 3 aromatic rings. The van der Waals surface area contributed by atoms with E-state index >= 15 is 0 Å².